The van der Waals surface area contributed by atoms with Gasteiger partial charge in [-0.05, 0) is 64.1 Å². The van der Waals surface area contributed by atoms with E-state index < -0.39 is 10.0 Å². The van der Waals surface area contributed by atoms with Crippen molar-refractivity contribution in [1.29, 1.82) is 0 Å². The number of piperazine rings is 1. The molecule has 1 aliphatic heterocycles. The molecule has 7 nitrogen and oxygen atoms in total. The molecule has 37 heavy (non-hydrogen) atoms. The van der Waals surface area contributed by atoms with Crippen molar-refractivity contribution >= 4 is 15.8 Å². The number of hydrogen-bond donors (Lipinski definition) is 0. The molecule has 0 spiro atoms. The van der Waals surface area contributed by atoms with Crippen LogP contribution >= 0.6 is 0 Å². The highest BCUT2D eigenvalue weighted by Crippen LogP contribution is 2.32. The second kappa shape index (κ2) is 11.3. The molecule has 1 aromatic heterocycles. The number of nitrogens with zero attached hydrogens (tertiary/aromatic N) is 5. The molecule has 2 aromatic carbocycles. The van der Waals surface area contributed by atoms with Gasteiger partial charge in [0.25, 0.3) is 0 Å². The summed E-state index contributed by atoms with van der Waals surface area (Å²) in [6, 6.07) is 13.2. The van der Waals surface area contributed by atoms with Crippen molar-refractivity contribution in [3.05, 3.63) is 71.2 Å². The van der Waals surface area contributed by atoms with Crippen LogP contribution in [0.25, 0.3) is 5.69 Å². The summed E-state index contributed by atoms with van der Waals surface area (Å²) in [6.07, 6.45) is 0.673. The van der Waals surface area contributed by atoms with Crippen molar-refractivity contribution in [1.82, 2.24) is 19.0 Å². The Bertz CT molecular complexity index is 1310. The van der Waals surface area contributed by atoms with Crippen LogP contribution in [-0.2, 0) is 16.6 Å². The van der Waals surface area contributed by atoms with Crippen LogP contribution in [0.2, 0.25) is 0 Å². The fourth-order valence-electron chi connectivity index (χ4n) is 4.80. The van der Waals surface area contributed by atoms with Crippen LogP contribution in [0.3, 0.4) is 0 Å². The Morgan fingerprint density at radius 2 is 1.70 bits per heavy atom. The minimum absolute atomic E-state index is 0.190. The lowest BCUT2D eigenvalue weighted by Crippen LogP contribution is -2.47. The van der Waals surface area contributed by atoms with Gasteiger partial charge in [-0.3, -0.25) is 0 Å². The van der Waals surface area contributed by atoms with Crippen LogP contribution in [-0.4, -0.2) is 66.2 Å². The standard InChI is InChI=1S/C28H38FN5O2S/c1-6-22(4)33(37(35,36)26-13-11-21(3)12-14-26)20-27-23(5)30-34(25-10-8-9-24(29)19-25)28(27)32-17-15-31(7-2)16-18-32/h8-14,19,22H,6-7,15-18,20H2,1-5H3. The third-order valence-electron chi connectivity index (χ3n) is 7.35. The van der Waals surface area contributed by atoms with Gasteiger partial charge in [-0.15, -0.1) is 0 Å². The molecular weight excluding hydrogens is 489 g/mol. The molecule has 2 heterocycles. The molecular formula is C28H38FN5O2S. The molecule has 4 rings (SSSR count). The van der Waals surface area contributed by atoms with Gasteiger partial charge in [0.05, 0.1) is 16.3 Å². The second-order valence-electron chi connectivity index (χ2n) is 9.82. The SMILES string of the molecule is CCC(C)N(Cc1c(C)nn(-c2cccc(F)c2)c1N1CCN(CC)CC1)S(=O)(=O)c1ccc(C)cc1. The average molecular weight is 528 g/mol. The predicted molar refractivity (Wildman–Crippen MR) is 146 cm³/mol. The van der Waals surface area contributed by atoms with E-state index in [9.17, 15) is 12.8 Å². The lowest BCUT2D eigenvalue weighted by Gasteiger charge is -2.36. The first kappa shape index (κ1) is 27.3. The van der Waals surface area contributed by atoms with E-state index in [1.54, 1.807) is 27.2 Å². The third-order valence-corrected chi connectivity index (χ3v) is 9.33. The van der Waals surface area contributed by atoms with E-state index >= 15 is 0 Å². The van der Waals surface area contributed by atoms with E-state index in [-0.39, 0.29) is 23.3 Å². The monoisotopic (exact) mass is 527 g/mol. The molecule has 0 amide bonds. The highest BCUT2D eigenvalue weighted by molar-refractivity contribution is 7.89. The molecule has 0 radical (unpaired) electrons. The first-order valence-electron chi connectivity index (χ1n) is 13.1. The van der Waals surface area contributed by atoms with E-state index in [2.05, 4.69) is 16.7 Å². The highest BCUT2D eigenvalue weighted by atomic mass is 32.2. The lowest BCUT2D eigenvalue weighted by atomic mass is 10.1. The first-order valence-corrected chi connectivity index (χ1v) is 14.5. The van der Waals surface area contributed by atoms with Crippen LogP contribution in [0, 0.1) is 19.7 Å². The van der Waals surface area contributed by atoms with Crippen LogP contribution in [0.1, 0.15) is 44.0 Å². The number of sulfonamides is 1. The fraction of sp³-hybridized carbons (Fsp3) is 0.464. The largest absolute Gasteiger partial charge is 0.354 e. The van der Waals surface area contributed by atoms with Gasteiger partial charge in [0.1, 0.15) is 11.6 Å². The second-order valence-corrected chi connectivity index (χ2v) is 11.7. The maximum atomic E-state index is 14.2. The number of aromatic nitrogens is 2. The zero-order valence-electron chi connectivity index (χ0n) is 22.5. The smallest absolute Gasteiger partial charge is 0.243 e. The van der Waals surface area contributed by atoms with E-state index in [0.717, 1.165) is 55.4 Å². The molecule has 1 atom stereocenters. The topological polar surface area (TPSA) is 61.7 Å². The normalized spacial score (nSPS) is 15.9. The van der Waals surface area contributed by atoms with Gasteiger partial charge in [0.2, 0.25) is 10.0 Å². The molecule has 200 valence electrons. The number of anilines is 1. The van der Waals surface area contributed by atoms with Crippen molar-refractivity contribution in [2.45, 2.75) is 58.5 Å². The van der Waals surface area contributed by atoms with Crippen LogP contribution in [0.4, 0.5) is 10.2 Å². The molecule has 3 aromatic rings. The number of rotatable bonds is 9. The minimum Gasteiger partial charge on any atom is -0.354 e. The van der Waals surface area contributed by atoms with Crippen molar-refractivity contribution in [2.75, 3.05) is 37.6 Å². The van der Waals surface area contributed by atoms with Gasteiger partial charge in [0, 0.05) is 44.3 Å². The number of halogens is 1. The van der Waals surface area contributed by atoms with Gasteiger partial charge >= 0.3 is 0 Å². The van der Waals surface area contributed by atoms with E-state index in [0.29, 0.717) is 12.1 Å². The summed E-state index contributed by atoms with van der Waals surface area (Å²) < 4.78 is 45.3. The Hall–Kier alpha value is -2.75. The predicted octanol–water partition coefficient (Wildman–Crippen LogP) is 4.76. The minimum atomic E-state index is -3.76. The highest BCUT2D eigenvalue weighted by Gasteiger charge is 2.33. The third kappa shape index (κ3) is 5.73. The van der Waals surface area contributed by atoms with Crippen molar-refractivity contribution in [3.63, 3.8) is 0 Å². The molecule has 9 heteroatoms. The summed E-state index contributed by atoms with van der Waals surface area (Å²) in [5, 5.41) is 4.81. The average Bonchev–Trinajstić information content (AvgIpc) is 3.22. The summed E-state index contributed by atoms with van der Waals surface area (Å²) in [5.74, 6) is 0.503. The molecule has 1 aliphatic rings. The van der Waals surface area contributed by atoms with Gasteiger partial charge < -0.3 is 9.80 Å². The van der Waals surface area contributed by atoms with Crippen molar-refractivity contribution in [2.24, 2.45) is 0 Å². The molecule has 0 saturated carbocycles. The van der Waals surface area contributed by atoms with Crippen LogP contribution < -0.4 is 4.90 Å². The van der Waals surface area contributed by atoms with E-state index in [4.69, 9.17) is 5.10 Å². The summed E-state index contributed by atoms with van der Waals surface area (Å²) in [7, 11) is -3.76. The molecule has 1 fully saturated rings. The summed E-state index contributed by atoms with van der Waals surface area (Å²) in [5.41, 5.74) is 3.23. The number of hydrogen-bond acceptors (Lipinski definition) is 5. The number of benzene rings is 2. The van der Waals surface area contributed by atoms with Crippen LogP contribution in [0.15, 0.2) is 53.4 Å². The lowest BCUT2D eigenvalue weighted by molar-refractivity contribution is 0.269. The zero-order valence-corrected chi connectivity index (χ0v) is 23.3. The Kier molecular flexibility index (Phi) is 8.36. The Morgan fingerprint density at radius 3 is 2.30 bits per heavy atom. The quantitative estimate of drug-likeness (QED) is 0.402. The zero-order chi connectivity index (χ0) is 26.7. The molecule has 0 N–H and O–H groups in total. The Morgan fingerprint density at radius 1 is 1.03 bits per heavy atom. The summed E-state index contributed by atoms with van der Waals surface area (Å²) >= 11 is 0. The van der Waals surface area contributed by atoms with Crippen LogP contribution in [0.5, 0.6) is 0 Å². The van der Waals surface area contributed by atoms with E-state index in [1.165, 1.54) is 12.1 Å². The summed E-state index contributed by atoms with van der Waals surface area (Å²) in [6.45, 7) is 14.5. The van der Waals surface area contributed by atoms with Crippen molar-refractivity contribution in [3.8, 4) is 5.69 Å². The molecule has 1 unspecified atom stereocenters. The van der Waals surface area contributed by atoms with Gasteiger partial charge in [0.15, 0.2) is 0 Å². The maximum absolute atomic E-state index is 14.2. The van der Waals surface area contributed by atoms with Crippen molar-refractivity contribution < 1.29 is 12.8 Å². The van der Waals surface area contributed by atoms with Gasteiger partial charge in [-0.1, -0.05) is 37.6 Å². The summed E-state index contributed by atoms with van der Waals surface area (Å²) in [4.78, 5) is 4.94. The number of aryl methyl sites for hydroxylation is 2. The molecule has 0 bridgehead atoms. The maximum Gasteiger partial charge on any atom is 0.243 e. The molecule has 0 aliphatic carbocycles. The fourth-order valence-corrected chi connectivity index (χ4v) is 6.48. The Balaban J connectivity index is 1.81. The molecule has 1 saturated heterocycles. The van der Waals surface area contributed by atoms with Gasteiger partial charge in [-0.25, -0.2) is 17.5 Å². The first-order chi connectivity index (χ1) is 17.6. The van der Waals surface area contributed by atoms with Gasteiger partial charge in [-0.2, -0.15) is 9.40 Å². The van der Waals surface area contributed by atoms with E-state index in [1.807, 2.05) is 45.9 Å². The number of likely N-dealkylation sites (N-methyl/N-ethyl adjacent to an activating group) is 1. The Labute approximate surface area is 220 Å².